The second kappa shape index (κ2) is 7.77. The van der Waals surface area contributed by atoms with Crippen LogP contribution in [0.5, 0.6) is 0 Å². The lowest BCUT2D eigenvalue weighted by atomic mass is 10.2. The molecule has 0 amide bonds. The summed E-state index contributed by atoms with van der Waals surface area (Å²) >= 11 is 2.02. The minimum absolute atomic E-state index is 0.102. The standard InChI is InChI=1S/C19H17FIN3O/c1-23-13-17(21)18(25)24(12-15-7-9-16(20)10-8-15)19(23)22-11-14-5-3-2-4-6-14/h2-10,13H,11-12H2,1H3. The van der Waals surface area contributed by atoms with Crippen LogP contribution < -0.4 is 11.2 Å². The summed E-state index contributed by atoms with van der Waals surface area (Å²) in [5.74, 6) is -0.293. The highest BCUT2D eigenvalue weighted by molar-refractivity contribution is 14.1. The average Bonchev–Trinajstić information content (AvgIpc) is 2.61. The van der Waals surface area contributed by atoms with Crippen molar-refractivity contribution in [1.29, 1.82) is 0 Å². The van der Waals surface area contributed by atoms with E-state index in [1.54, 1.807) is 22.9 Å². The predicted molar refractivity (Wildman–Crippen MR) is 104 cm³/mol. The van der Waals surface area contributed by atoms with E-state index in [9.17, 15) is 9.18 Å². The first-order valence-electron chi connectivity index (χ1n) is 7.79. The van der Waals surface area contributed by atoms with E-state index < -0.39 is 0 Å². The summed E-state index contributed by atoms with van der Waals surface area (Å²) in [7, 11) is 1.87. The van der Waals surface area contributed by atoms with Crippen molar-refractivity contribution in [3.05, 3.63) is 97.3 Å². The fraction of sp³-hybridized carbons (Fsp3) is 0.158. The Hall–Kier alpha value is -2.22. The quantitative estimate of drug-likeness (QED) is 0.565. The third-order valence-corrected chi connectivity index (χ3v) is 4.55. The molecule has 0 atom stereocenters. The molecule has 2 aromatic carbocycles. The zero-order chi connectivity index (χ0) is 17.8. The summed E-state index contributed by atoms with van der Waals surface area (Å²) in [5, 5.41) is 0. The molecule has 0 N–H and O–H groups in total. The first-order chi connectivity index (χ1) is 12.0. The van der Waals surface area contributed by atoms with E-state index in [1.165, 1.54) is 12.1 Å². The molecule has 0 fully saturated rings. The van der Waals surface area contributed by atoms with Crippen molar-refractivity contribution >= 4 is 22.6 Å². The van der Waals surface area contributed by atoms with Gasteiger partial charge in [-0.25, -0.2) is 9.38 Å². The lowest BCUT2D eigenvalue weighted by Crippen LogP contribution is -2.41. The SMILES string of the molecule is Cn1cc(I)c(=O)n(Cc2ccc(F)cc2)c1=NCc1ccccc1. The predicted octanol–water partition coefficient (Wildman–Crippen LogP) is 3.08. The van der Waals surface area contributed by atoms with Gasteiger partial charge in [0.1, 0.15) is 5.82 Å². The van der Waals surface area contributed by atoms with E-state index in [-0.39, 0.29) is 11.4 Å². The number of aromatic nitrogens is 2. The molecule has 3 rings (SSSR count). The molecular formula is C19H17FIN3O. The minimum atomic E-state index is -0.293. The lowest BCUT2D eigenvalue weighted by Gasteiger charge is -2.11. The van der Waals surface area contributed by atoms with Gasteiger partial charge < -0.3 is 4.57 Å². The molecule has 0 saturated carbocycles. The van der Waals surface area contributed by atoms with Crippen LogP contribution in [-0.2, 0) is 20.1 Å². The van der Waals surface area contributed by atoms with Crippen molar-refractivity contribution in [2.75, 3.05) is 0 Å². The van der Waals surface area contributed by atoms with Crippen LogP contribution in [0.4, 0.5) is 4.39 Å². The van der Waals surface area contributed by atoms with Crippen molar-refractivity contribution in [1.82, 2.24) is 9.13 Å². The third-order valence-electron chi connectivity index (χ3n) is 3.81. The van der Waals surface area contributed by atoms with Gasteiger partial charge in [-0.2, -0.15) is 0 Å². The highest BCUT2D eigenvalue weighted by atomic mass is 127. The van der Waals surface area contributed by atoms with Gasteiger partial charge in [-0.3, -0.25) is 9.36 Å². The van der Waals surface area contributed by atoms with Crippen LogP contribution in [-0.4, -0.2) is 9.13 Å². The maximum atomic E-state index is 13.1. The number of benzene rings is 2. The summed E-state index contributed by atoms with van der Waals surface area (Å²) in [5.41, 5.74) is 2.40. The molecule has 128 valence electrons. The largest absolute Gasteiger partial charge is 0.321 e. The minimum Gasteiger partial charge on any atom is -0.321 e. The van der Waals surface area contributed by atoms with Gasteiger partial charge in [0.05, 0.1) is 16.7 Å². The van der Waals surface area contributed by atoms with Gasteiger partial charge in [-0.05, 0) is 45.9 Å². The van der Waals surface area contributed by atoms with E-state index >= 15 is 0 Å². The summed E-state index contributed by atoms with van der Waals surface area (Å²) in [4.78, 5) is 17.3. The number of hydrogen-bond acceptors (Lipinski definition) is 2. The van der Waals surface area contributed by atoms with Crippen LogP contribution in [0.15, 0.2) is 70.6 Å². The third kappa shape index (κ3) is 4.25. The Morgan fingerprint density at radius 1 is 1.04 bits per heavy atom. The fourth-order valence-electron chi connectivity index (χ4n) is 2.55. The molecule has 4 nitrogen and oxygen atoms in total. The first kappa shape index (κ1) is 17.6. The van der Waals surface area contributed by atoms with Gasteiger partial charge in [0.15, 0.2) is 0 Å². The summed E-state index contributed by atoms with van der Waals surface area (Å²) in [6.07, 6.45) is 1.77. The molecule has 0 aliphatic heterocycles. The summed E-state index contributed by atoms with van der Waals surface area (Å²) < 4.78 is 17.2. The Labute approximate surface area is 158 Å². The summed E-state index contributed by atoms with van der Waals surface area (Å²) in [6.45, 7) is 0.829. The molecular weight excluding hydrogens is 432 g/mol. The molecule has 0 spiro atoms. The highest BCUT2D eigenvalue weighted by Crippen LogP contribution is 2.04. The molecule has 0 radical (unpaired) electrons. The van der Waals surface area contributed by atoms with Crippen molar-refractivity contribution in [3.8, 4) is 0 Å². The van der Waals surface area contributed by atoms with Gasteiger partial charge in [-0.1, -0.05) is 42.5 Å². The second-order valence-corrected chi connectivity index (χ2v) is 6.87. The summed E-state index contributed by atoms with van der Waals surface area (Å²) in [6, 6.07) is 16.0. The van der Waals surface area contributed by atoms with Gasteiger partial charge >= 0.3 is 0 Å². The Bertz CT molecular complexity index is 992. The number of hydrogen-bond donors (Lipinski definition) is 0. The van der Waals surface area contributed by atoms with Crippen LogP contribution >= 0.6 is 22.6 Å². The number of aryl methyl sites for hydroxylation is 1. The zero-order valence-electron chi connectivity index (χ0n) is 13.7. The van der Waals surface area contributed by atoms with E-state index in [4.69, 9.17) is 0 Å². The maximum absolute atomic E-state index is 13.1. The molecule has 0 aliphatic carbocycles. The smallest absolute Gasteiger partial charge is 0.268 e. The second-order valence-electron chi connectivity index (χ2n) is 5.71. The van der Waals surface area contributed by atoms with Gasteiger partial charge in [-0.15, -0.1) is 0 Å². The highest BCUT2D eigenvalue weighted by Gasteiger charge is 2.08. The fourth-order valence-corrected chi connectivity index (χ4v) is 3.26. The Morgan fingerprint density at radius 2 is 1.72 bits per heavy atom. The van der Waals surface area contributed by atoms with Crippen LogP contribution in [0, 0.1) is 9.39 Å². The molecule has 25 heavy (non-hydrogen) atoms. The molecule has 1 aromatic heterocycles. The Morgan fingerprint density at radius 3 is 2.40 bits per heavy atom. The van der Waals surface area contributed by atoms with Crippen molar-refractivity contribution in [2.24, 2.45) is 12.0 Å². The number of halogens is 2. The topological polar surface area (TPSA) is 39.3 Å². The molecule has 0 aliphatic rings. The van der Waals surface area contributed by atoms with Crippen LogP contribution in [0.25, 0.3) is 0 Å². The first-order valence-corrected chi connectivity index (χ1v) is 8.87. The molecule has 0 unspecified atom stereocenters. The van der Waals surface area contributed by atoms with Gasteiger partial charge in [0.2, 0.25) is 5.62 Å². The Balaban J connectivity index is 2.06. The normalized spacial score (nSPS) is 11.7. The van der Waals surface area contributed by atoms with Crippen LogP contribution in [0.1, 0.15) is 11.1 Å². The maximum Gasteiger partial charge on any atom is 0.268 e. The van der Waals surface area contributed by atoms with Gasteiger partial charge in [0, 0.05) is 13.2 Å². The Kier molecular flexibility index (Phi) is 5.47. The molecule has 1 heterocycles. The monoisotopic (exact) mass is 449 g/mol. The molecule has 0 saturated heterocycles. The van der Waals surface area contributed by atoms with Crippen LogP contribution in [0.2, 0.25) is 0 Å². The zero-order valence-corrected chi connectivity index (χ0v) is 15.9. The molecule has 6 heteroatoms. The van der Waals surface area contributed by atoms with E-state index in [1.807, 2.05) is 64.5 Å². The van der Waals surface area contributed by atoms with Crippen LogP contribution in [0.3, 0.4) is 0 Å². The number of rotatable bonds is 4. The van der Waals surface area contributed by atoms with Crippen molar-refractivity contribution < 1.29 is 4.39 Å². The van der Waals surface area contributed by atoms with Crippen molar-refractivity contribution in [3.63, 3.8) is 0 Å². The lowest BCUT2D eigenvalue weighted by molar-refractivity contribution is 0.598. The van der Waals surface area contributed by atoms with E-state index in [0.717, 1.165) is 11.1 Å². The van der Waals surface area contributed by atoms with E-state index in [0.29, 0.717) is 22.3 Å². The van der Waals surface area contributed by atoms with Gasteiger partial charge in [0.25, 0.3) is 5.56 Å². The average molecular weight is 449 g/mol. The molecule has 0 bridgehead atoms. The van der Waals surface area contributed by atoms with E-state index in [2.05, 4.69) is 4.99 Å². The number of nitrogens with zero attached hydrogens (tertiary/aromatic N) is 3. The molecule has 3 aromatic rings. The van der Waals surface area contributed by atoms with Crippen molar-refractivity contribution in [2.45, 2.75) is 13.1 Å².